The fourth-order valence-electron chi connectivity index (χ4n) is 2.94. The summed E-state index contributed by atoms with van der Waals surface area (Å²) < 4.78 is 0. The SMILES string of the molecule is O=C(/C=C/Sc1ccccn1)NC1CN2CCC1CC2. The summed E-state index contributed by atoms with van der Waals surface area (Å²) in [7, 11) is 0. The maximum atomic E-state index is 11.9. The smallest absolute Gasteiger partial charge is 0.244 e. The van der Waals surface area contributed by atoms with Gasteiger partial charge in [-0.1, -0.05) is 17.8 Å². The first kappa shape index (κ1) is 13.6. The molecule has 1 aromatic heterocycles. The van der Waals surface area contributed by atoms with Gasteiger partial charge in [0, 0.05) is 24.9 Å². The predicted molar refractivity (Wildman–Crippen MR) is 80.3 cm³/mol. The van der Waals surface area contributed by atoms with Crippen LogP contribution in [0.1, 0.15) is 12.8 Å². The fraction of sp³-hybridized carbons (Fsp3) is 0.467. The summed E-state index contributed by atoms with van der Waals surface area (Å²) in [6.07, 6.45) is 5.80. The monoisotopic (exact) mass is 289 g/mol. The van der Waals surface area contributed by atoms with E-state index in [-0.39, 0.29) is 5.91 Å². The Kier molecular flexibility index (Phi) is 4.38. The van der Waals surface area contributed by atoms with Gasteiger partial charge in [-0.05, 0) is 49.4 Å². The van der Waals surface area contributed by atoms with Crippen LogP contribution in [0.4, 0.5) is 0 Å². The largest absolute Gasteiger partial charge is 0.348 e. The van der Waals surface area contributed by atoms with Crippen molar-refractivity contribution in [3.05, 3.63) is 35.9 Å². The van der Waals surface area contributed by atoms with Crippen LogP contribution >= 0.6 is 11.8 Å². The van der Waals surface area contributed by atoms with Gasteiger partial charge in [0.2, 0.25) is 5.91 Å². The quantitative estimate of drug-likeness (QED) is 0.679. The summed E-state index contributed by atoms with van der Waals surface area (Å²) in [6.45, 7) is 3.41. The highest BCUT2D eigenvalue weighted by Crippen LogP contribution is 2.27. The number of carbonyl (C=O) groups excluding carboxylic acids is 1. The van der Waals surface area contributed by atoms with E-state index >= 15 is 0 Å². The van der Waals surface area contributed by atoms with E-state index in [1.165, 1.54) is 37.7 Å². The molecule has 1 unspecified atom stereocenters. The Morgan fingerprint density at radius 2 is 2.25 bits per heavy atom. The molecule has 4 rings (SSSR count). The lowest BCUT2D eigenvalue weighted by atomic mass is 9.84. The molecule has 0 aliphatic carbocycles. The lowest BCUT2D eigenvalue weighted by Gasteiger charge is -2.44. The Morgan fingerprint density at radius 1 is 1.40 bits per heavy atom. The molecule has 3 saturated heterocycles. The standard InChI is InChI=1S/C15H19N3OS/c19-14(6-10-20-15-3-1-2-7-16-15)17-13-11-18-8-4-12(13)5-9-18/h1-3,6-7,10,12-13H,4-5,8-9,11H2,(H,17,19)/b10-6+. The minimum atomic E-state index is 0.00665. The third kappa shape index (κ3) is 3.41. The van der Waals surface area contributed by atoms with E-state index in [1.54, 1.807) is 17.7 Å². The number of carbonyl (C=O) groups is 1. The van der Waals surface area contributed by atoms with Crippen molar-refractivity contribution in [2.24, 2.45) is 5.92 Å². The van der Waals surface area contributed by atoms with Crippen LogP contribution in [-0.4, -0.2) is 41.5 Å². The van der Waals surface area contributed by atoms with Crippen LogP contribution in [0.3, 0.4) is 0 Å². The second kappa shape index (κ2) is 6.41. The second-order valence-corrected chi connectivity index (χ2v) is 6.27. The Hall–Kier alpha value is -1.33. The van der Waals surface area contributed by atoms with Gasteiger partial charge >= 0.3 is 0 Å². The van der Waals surface area contributed by atoms with Crippen LogP contribution in [-0.2, 0) is 4.79 Å². The van der Waals surface area contributed by atoms with Crippen molar-refractivity contribution < 1.29 is 4.79 Å². The highest BCUT2D eigenvalue weighted by molar-refractivity contribution is 8.02. The molecule has 0 aromatic carbocycles. The summed E-state index contributed by atoms with van der Waals surface area (Å²) >= 11 is 1.46. The van der Waals surface area contributed by atoms with E-state index < -0.39 is 0 Å². The molecule has 20 heavy (non-hydrogen) atoms. The lowest BCUT2D eigenvalue weighted by molar-refractivity contribution is -0.118. The zero-order chi connectivity index (χ0) is 13.8. The molecule has 4 heterocycles. The highest BCUT2D eigenvalue weighted by atomic mass is 32.2. The van der Waals surface area contributed by atoms with Crippen molar-refractivity contribution in [2.45, 2.75) is 23.9 Å². The normalized spacial score (nSPS) is 28.7. The van der Waals surface area contributed by atoms with Gasteiger partial charge in [-0.3, -0.25) is 4.79 Å². The van der Waals surface area contributed by atoms with Crippen molar-refractivity contribution in [3.63, 3.8) is 0 Å². The van der Waals surface area contributed by atoms with Crippen molar-refractivity contribution >= 4 is 17.7 Å². The van der Waals surface area contributed by atoms with Gasteiger partial charge in [0.25, 0.3) is 0 Å². The van der Waals surface area contributed by atoms with E-state index in [0.717, 1.165) is 11.6 Å². The number of fused-ring (bicyclic) bond motifs is 3. The molecule has 5 heteroatoms. The van der Waals surface area contributed by atoms with Crippen molar-refractivity contribution in [1.29, 1.82) is 0 Å². The van der Waals surface area contributed by atoms with E-state index in [1.807, 2.05) is 18.2 Å². The maximum absolute atomic E-state index is 11.9. The first-order chi connectivity index (χ1) is 9.81. The number of hydrogen-bond acceptors (Lipinski definition) is 4. The summed E-state index contributed by atoms with van der Waals surface area (Å²) in [5, 5.41) is 5.84. The van der Waals surface area contributed by atoms with Crippen LogP contribution < -0.4 is 5.32 Å². The Bertz CT molecular complexity index is 483. The van der Waals surface area contributed by atoms with Gasteiger partial charge in [0.05, 0.1) is 0 Å². The van der Waals surface area contributed by atoms with Crippen molar-refractivity contribution in [2.75, 3.05) is 19.6 Å². The molecule has 0 saturated carbocycles. The molecule has 106 valence electrons. The maximum Gasteiger partial charge on any atom is 0.244 e. The minimum Gasteiger partial charge on any atom is -0.348 e. The average molecular weight is 289 g/mol. The van der Waals surface area contributed by atoms with Crippen molar-refractivity contribution in [3.8, 4) is 0 Å². The van der Waals surface area contributed by atoms with Crippen LogP contribution in [0.25, 0.3) is 0 Å². The fourth-order valence-corrected chi connectivity index (χ4v) is 3.55. The Labute approximate surface area is 123 Å². The zero-order valence-corrected chi connectivity index (χ0v) is 12.2. The first-order valence-electron chi connectivity index (χ1n) is 7.08. The minimum absolute atomic E-state index is 0.00665. The van der Waals surface area contributed by atoms with Gasteiger partial charge in [-0.25, -0.2) is 4.98 Å². The zero-order valence-electron chi connectivity index (χ0n) is 11.4. The number of hydrogen-bond donors (Lipinski definition) is 1. The Balaban J connectivity index is 1.47. The summed E-state index contributed by atoms with van der Waals surface area (Å²) in [5.41, 5.74) is 0. The first-order valence-corrected chi connectivity index (χ1v) is 7.96. The highest BCUT2D eigenvalue weighted by Gasteiger charge is 2.34. The molecular weight excluding hydrogens is 270 g/mol. The number of amides is 1. The van der Waals surface area contributed by atoms with Crippen LogP contribution in [0.15, 0.2) is 40.9 Å². The van der Waals surface area contributed by atoms with E-state index in [0.29, 0.717) is 12.0 Å². The summed E-state index contributed by atoms with van der Waals surface area (Å²) in [4.78, 5) is 18.6. The van der Waals surface area contributed by atoms with Gasteiger partial charge in [0.1, 0.15) is 5.03 Å². The number of pyridine rings is 1. The van der Waals surface area contributed by atoms with Gasteiger partial charge in [0.15, 0.2) is 0 Å². The predicted octanol–water partition coefficient (Wildman–Crippen LogP) is 1.90. The number of rotatable bonds is 4. The molecule has 0 radical (unpaired) electrons. The number of piperidine rings is 3. The van der Waals surface area contributed by atoms with E-state index in [9.17, 15) is 4.79 Å². The van der Waals surface area contributed by atoms with Crippen LogP contribution in [0.5, 0.6) is 0 Å². The van der Waals surface area contributed by atoms with Crippen molar-refractivity contribution in [1.82, 2.24) is 15.2 Å². The molecule has 1 aromatic rings. The third-order valence-electron chi connectivity index (χ3n) is 4.03. The molecule has 3 fully saturated rings. The number of nitrogens with zero attached hydrogens (tertiary/aromatic N) is 2. The molecule has 2 bridgehead atoms. The second-order valence-electron chi connectivity index (χ2n) is 5.34. The van der Waals surface area contributed by atoms with E-state index in [2.05, 4.69) is 15.2 Å². The molecule has 1 amide bonds. The topological polar surface area (TPSA) is 45.2 Å². The Morgan fingerprint density at radius 3 is 2.90 bits per heavy atom. The number of thioether (sulfide) groups is 1. The molecule has 1 atom stereocenters. The molecule has 3 aliphatic heterocycles. The number of nitrogens with one attached hydrogen (secondary N) is 1. The molecule has 1 N–H and O–H groups in total. The van der Waals surface area contributed by atoms with E-state index in [4.69, 9.17) is 0 Å². The molecule has 4 nitrogen and oxygen atoms in total. The molecule has 0 spiro atoms. The van der Waals surface area contributed by atoms with Gasteiger partial charge in [-0.2, -0.15) is 0 Å². The number of aromatic nitrogens is 1. The molecule has 3 aliphatic rings. The van der Waals surface area contributed by atoms with Gasteiger partial charge < -0.3 is 10.2 Å². The third-order valence-corrected chi connectivity index (χ3v) is 4.78. The van der Waals surface area contributed by atoms with Crippen LogP contribution in [0.2, 0.25) is 0 Å². The molecular formula is C15H19N3OS. The summed E-state index contributed by atoms with van der Waals surface area (Å²) in [5.74, 6) is 0.674. The van der Waals surface area contributed by atoms with Crippen LogP contribution in [0, 0.1) is 5.92 Å². The van der Waals surface area contributed by atoms with Gasteiger partial charge in [-0.15, -0.1) is 0 Å². The lowest BCUT2D eigenvalue weighted by Crippen LogP contribution is -2.57. The average Bonchev–Trinajstić information content (AvgIpc) is 2.49. The summed E-state index contributed by atoms with van der Waals surface area (Å²) in [6, 6.07) is 6.08.